The third-order valence-electron chi connectivity index (χ3n) is 3.69. The number of aromatic nitrogens is 1. The zero-order valence-corrected chi connectivity index (χ0v) is 15.8. The van der Waals surface area contributed by atoms with E-state index in [9.17, 15) is 9.59 Å². The summed E-state index contributed by atoms with van der Waals surface area (Å²) in [5.41, 5.74) is 1.55. The minimum absolute atomic E-state index is 0.191. The number of nitrogens with one attached hydrogen (secondary N) is 1. The van der Waals surface area contributed by atoms with E-state index < -0.39 is 5.97 Å². The Hall–Kier alpha value is -2.93. The largest absolute Gasteiger partial charge is 0.494 e. The topological polar surface area (TPSA) is 77.5 Å². The number of fused-ring (bicyclic) bond motifs is 1. The molecule has 7 heteroatoms. The van der Waals surface area contributed by atoms with E-state index in [4.69, 9.17) is 9.47 Å². The van der Waals surface area contributed by atoms with Crippen molar-refractivity contribution < 1.29 is 19.1 Å². The summed E-state index contributed by atoms with van der Waals surface area (Å²) in [5.74, 6) is -0.0691. The lowest BCUT2D eigenvalue weighted by atomic mass is 10.3. The summed E-state index contributed by atoms with van der Waals surface area (Å²) in [6, 6.07) is 14.8. The highest BCUT2D eigenvalue weighted by Gasteiger charge is 2.10. The maximum Gasteiger partial charge on any atom is 0.306 e. The number of esters is 1. The average molecular weight is 384 g/mol. The summed E-state index contributed by atoms with van der Waals surface area (Å²) in [6.45, 7) is 2.17. The van der Waals surface area contributed by atoms with Crippen molar-refractivity contribution in [3.05, 3.63) is 53.5 Å². The van der Waals surface area contributed by atoms with Crippen molar-refractivity contribution in [3.8, 4) is 5.75 Å². The molecule has 0 saturated heterocycles. The van der Waals surface area contributed by atoms with Gasteiger partial charge in [0.25, 0.3) is 5.91 Å². The molecule has 0 aliphatic carbocycles. The summed E-state index contributed by atoms with van der Waals surface area (Å²) < 4.78 is 11.5. The smallest absolute Gasteiger partial charge is 0.306 e. The molecule has 1 aromatic heterocycles. The molecule has 0 bridgehead atoms. The van der Waals surface area contributed by atoms with Crippen molar-refractivity contribution in [2.24, 2.45) is 0 Å². The van der Waals surface area contributed by atoms with Crippen molar-refractivity contribution in [2.75, 3.05) is 18.5 Å². The van der Waals surface area contributed by atoms with Gasteiger partial charge in [-0.2, -0.15) is 0 Å². The highest BCUT2D eigenvalue weighted by Crippen LogP contribution is 2.22. The summed E-state index contributed by atoms with van der Waals surface area (Å²) in [4.78, 5) is 28.2. The average Bonchev–Trinajstić information content (AvgIpc) is 3.09. The highest BCUT2D eigenvalue weighted by atomic mass is 32.1. The molecule has 0 atom stereocenters. The number of thiazole rings is 1. The Balaban J connectivity index is 1.41. The molecule has 1 amide bonds. The van der Waals surface area contributed by atoms with Crippen LogP contribution in [0.3, 0.4) is 0 Å². The van der Waals surface area contributed by atoms with Gasteiger partial charge in [-0.05, 0) is 43.3 Å². The lowest BCUT2D eigenvalue weighted by Gasteiger charge is -2.07. The van der Waals surface area contributed by atoms with E-state index in [-0.39, 0.29) is 18.9 Å². The minimum atomic E-state index is -0.420. The first-order chi connectivity index (χ1) is 13.1. The fraction of sp³-hybridized carbons (Fsp3) is 0.250. The van der Waals surface area contributed by atoms with Crippen LogP contribution in [0.15, 0.2) is 48.5 Å². The zero-order valence-electron chi connectivity index (χ0n) is 14.9. The number of hydrogen-bond acceptors (Lipinski definition) is 6. The number of para-hydroxylation sites is 1. The SMILES string of the molecule is CCOc1ccc(NC(=O)COC(=O)CCc2nc3ccccc3s2)cc1. The molecule has 6 nitrogen and oxygen atoms in total. The molecule has 2 aromatic carbocycles. The van der Waals surface area contributed by atoms with Gasteiger partial charge in [-0.15, -0.1) is 11.3 Å². The fourth-order valence-electron chi connectivity index (χ4n) is 2.45. The van der Waals surface area contributed by atoms with Crippen LogP contribution in [0.5, 0.6) is 5.75 Å². The number of aryl methyl sites for hydroxylation is 1. The van der Waals surface area contributed by atoms with Crippen LogP contribution in [0.2, 0.25) is 0 Å². The lowest BCUT2D eigenvalue weighted by Crippen LogP contribution is -2.21. The van der Waals surface area contributed by atoms with Gasteiger partial charge in [0, 0.05) is 12.1 Å². The Morgan fingerprint density at radius 3 is 2.63 bits per heavy atom. The van der Waals surface area contributed by atoms with Gasteiger partial charge in [-0.25, -0.2) is 4.98 Å². The number of hydrogen-bond donors (Lipinski definition) is 1. The molecule has 27 heavy (non-hydrogen) atoms. The minimum Gasteiger partial charge on any atom is -0.494 e. The standard InChI is InChI=1S/C20H20N2O4S/c1-2-25-15-9-7-14(8-10-15)21-18(23)13-26-20(24)12-11-19-22-16-5-3-4-6-17(16)27-19/h3-10H,2,11-13H2,1H3,(H,21,23). The lowest BCUT2D eigenvalue weighted by molar-refractivity contribution is -0.147. The van der Waals surface area contributed by atoms with E-state index in [0.29, 0.717) is 18.7 Å². The van der Waals surface area contributed by atoms with Gasteiger partial charge in [-0.1, -0.05) is 12.1 Å². The molecule has 1 heterocycles. The second-order valence-electron chi connectivity index (χ2n) is 5.74. The number of anilines is 1. The number of carbonyl (C=O) groups excluding carboxylic acids is 2. The van der Waals surface area contributed by atoms with Crippen LogP contribution in [0.1, 0.15) is 18.4 Å². The third-order valence-corrected chi connectivity index (χ3v) is 4.79. The Morgan fingerprint density at radius 1 is 1.11 bits per heavy atom. The predicted molar refractivity (Wildman–Crippen MR) is 105 cm³/mol. The number of rotatable bonds is 8. The van der Waals surface area contributed by atoms with Gasteiger partial charge in [0.05, 0.1) is 28.3 Å². The van der Waals surface area contributed by atoms with Crippen molar-refractivity contribution in [1.82, 2.24) is 4.98 Å². The Kier molecular flexibility index (Phi) is 6.38. The first kappa shape index (κ1) is 18.8. The van der Waals surface area contributed by atoms with E-state index >= 15 is 0 Å². The maximum absolute atomic E-state index is 11.9. The second-order valence-corrected chi connectivity index (χ2v) is 6.86. The third kappa shape index (κ3) is 5.52. The molecule has 1 N–H and O–H groups in total. The van der Waals surface area contributed by atoms with E-state index in [1.54, 1.807) is 35.6 Å². The molecule has 140 valence electrons. The van der Waals surface area contributed by atoms with E-state index in [1.165, 1.54) is 0 Å². The first-order valence-corrected chi connectivity index (χ1v) is 9.48. The molecular weight excluding hydrogens is 364 g/mol. The van der Waals surface area contributed by atoms with Crippen LogP contribution in [0.25, 0.3) is 10.2 Å². The van der Waals surface area contributed by atoms with E-state index in [1.807, 2.05) is 31.2 Å². The molecule has 0 aliphatic rings. The summed E-state index contributed by atoms with van der Waals surface area (Å²) in [7, 11) is 0. The number of amides is 1. The maximum atomic E-state index is 11.9. The van der Waals surface area contributed by atoms with Gasteiger partial charge in [0.1, 0.15) is 5.75 Å². The molecular formula is C20H20N2O4S. The van der Waals surface area contributed by atoms with Gasteiger partial charge in [0.15, 0.2) is 6.61 Å². The normalized spacial score (nSPS) is 10.6. The van der Waals surface area contributed by atoms with Crippen molar-refractivity contribution >= 4 is 39.1 Å². The van der Waals surface area contributed by atoms with Crippen LogP contribution in [-0.2, 0) is 20.7 Å². The zero-order chi connectivity index (χ0) is 19.1. The highest BCUT2D eigenvalue weighted by molar-refractivity contribution is 7.18. The summed E-state index contributed by atoms with van der Waals surface area (Å²) >= 11 is 1.56. The molecule has 0 aliphatic heterocycles. The molecule has 3 rings (SSSR count). The number of ether oxygens (including phenoxy) is 2. The number of benzene rings is 2. The molecule has 3 aromatic rings. The van der Waals surface area contributed by atoms with Crippen LogP contribution in [-0.4, -0.2) is 30.1 Å². The van der Waals surface area contributed by atoms with Crippen molar-refractivity contribution in [2.45, 2.75) is 19.8 Å². The summed E-state index contributed by atoms with van der Waals surface area (Å²) in [5, 5.41) is 3.56. The molecule has 0 unspecified atom stereocenters. The van der Waals surface area contributed by atoms with Crippen molar-refractivity contribution in [1.29, 1.82) is 0 Å². The quantitative estimate of drug-likeness (QED) is 0.598. The van der Waals surface area contributed by atoms with Gasteiger partial charge >= 0.3 is 5.97 Å². The van der Waals surface area contributed by atoms with Gasteiger partial charge < -0.3 is 14.8 Å². The van der Waals surface area contributed by atoms with Gasteiger partial charge in [-0.3, -0.25) is 9.59 Å². The van der Waals surface area contributed by atoms with Crippen molar-refractivity contribution in [3.63, 3.8) is 0 Å². The van der Waals surface area contributed by atoms with Crippen LogP contribution in [0, 0.1) is 0 Å². The molecule has 0 spiro atoms. The first-order valence-electron chi connectivity index (χ1n) is 8.67. The summed E-state index contributed by atoms with van der Waals surface area (Å²) in [6.07, 6.45) is 0.689. The van der Waals surface area contributed by atoms with Crippen LogP contribution < -0.4 is 10.1 Å². The fourth-order valence-corrected chi connectivity index (χ4v) is 3.42. The van der Waals surface area contributed by atoms with Crippen LogP contribution >= 0.6 is 11.3 Å². The van der Waals surface area contributed by atoms with E-state index in [0.717, 1.165) is 21.0 Å². The molecule has 0 saturated carbocycles. The Bertz CT molecular complexity index is 888. The monoisotopic (exact) mass is 384 g/mol. The Labute approximate surface area is 161 Å². The van der Waals surface area contributed by atoms with Gasteiger partial charge in [0.2, 0.25) is 0 Å². The van der Waals surface area contributed by atoms with E-state index in [2.05, 4.69) is 10.3 Å². The second kappa shape index (κ2) is 9.14. The molecule has 0 fully saturated rings. The molecule has 0 radical (unpaired) electrons. The number of carbonyl (C=O) groups is 2. The predicted octanol–water partition coefficient (Wildman–Crippen LogP) is 3.81. The number of nitrogens with zero attached hydrogens (tertiary/aromatic N) is 1. The van der Waals surface area contributed by atoms with Crippen LogP contribution in [0.4, 0.5) is 5.69 Å². The Morgan fingerprint density at radius 2 is 1.89 bits per heavy atom.